The zero-order valence-corrected chi connectivity index (χ0v) is 10.9. The molecule has 80 valence electrons. The highest BCUT2D eigenvalue weighted by molar-refractivity contribution is 9.10. The third kappa shape index (κ3) is 1.35. The van der Waals surface area contributed by atoms with E-state index in [1.165, 1.54) is 0 Å². The van der Waals surface area contributed by atoms with Crippen LogP contribution in [0.1, 0.15) is 5.69 Å². The van der Waals surface area contributed by atoms with E-state index in [1.54, 1.807) is 0 Å². The molecule has 0 atom stereocenters. The van der Waals surface area contributed by atoms with Crippen molar-refractivity contribution in [1.29, 1.82) is 0 Å². The highest BCUT2D eigenvalue weighted by atomic mass is 79.9. The fourth-order valence-corrected chi connectivity index (χ4v) is 2.63. The molecule has 0 saturated carbocycles. The third-order valence-corrected chi connectivity index (χ3v) is 3.52. The average molecular weight is 296 g/mol. The number of rotatable bonds is 0. The Labute approximate surface area is 106 Å². The van der Waals surface area contributed by atoms with Crippen LogP contribution in [-0.2, 0) is 0 Å². The number of fused-ring (bicyclic) bond motifs is 3. The molecule has 0 bridgehead atoms. The summed E-state index contributed by atoms with van der Waals surface area (Å²) in [6.45, 7) is 2.01. The molecule has 0 fully saturated rings. The summed E-state index contributed by atoms with van der Waals surface area (Å²) in [5.41, 5.74) is 4.08. The highest BCUT2D eigenvalue weighted by Crippen LogP contribution is 2.26. The van der Waals surface area contributed by atoms with E-state index in [0.29, 0.717) is 0 Å². The summed E-state index contributed by atoms with van der Waals surface area (Å²) in [4.78, 5) is 4.56. The maximum atomic E-state index is 6.02. The summed E-state index contributed by atoms with van der Waals surface area (Å²) in [6, 6.07) is 9.80. The molecule has 16 heavy (non-hydrogen) atoms. The van der Waals surface area contributed by atoms with E-state index in [1.807, 2.05) is 37.3 Å². The quantitative estimate of drug-likeness (QED) is 0.607. The van der Waals surface area contributed by atoms with Gasteiger partial charge in [-0.1, -0.05) is 11.6 Å². The van der Waals surface area contributed by atoms with Crippen LogP contribution in [0.25, 0.3) is 16.6 Å². The zero-order chi connectivity index (χ0) is 11.3. The number of hydrogen-bond acceptors (Lipinski definition) is 1. The molecule has 0 radical (unpaired) electrons. The molecule has 0 aliphatic carbocycles. The lowest BCUT2D eigenvalue weighted by molar-refractivity contribution is 1.15. The Morgan fingerprint density at radius 1 is 1.19 bits per heavy atom. The molecule has 2 heterocycles. The predicted octanol–water partition coefficient (Wildman–Crippen LogP) is 4.21. The second-order valence-electron chi connectivity index (χ2n) is 3.71. The van der Waals surface area contributed by atoms with Crippen molar-refractivity contribution >= 4 is 44.1 Å². The summed E-state index contributed by atoms with van der Waals surface area (Å²) < 4.78 is 3.13. The monoisotopic (exact) mass is 294 g/mol. The van der Waals surface area contributed by atoms with Crippen molar-refractivity contribution in [3.8, 4) is 0 Å². The van der Waals surface area contributed by atoms with Crippen molar-refractivity contribution in [2.24, 2.45) is 0 Å². The van der Waals surface area contributed by atoms with E-state index < -0.39 is 0 Å². The largest absolute Gasteiger partial charge is 0.300 e. The van der Waals surface area contributed by atoms with Gasteiger partial charge in [0.05, 0.1) is 26.8 Å². The molecular weight excluding hydrogens is 288 g/mol. The molecule has 0 spiro atoms. The average Bonchev–Trinajstić information content (AvgIpc) is 2.63. The van der Waals surface area contributed by atoms with Crippen LogP contribution in [0.3, 0.4) is 0 Å². The first kappa shape index (κ1) is 10.1. The first-order chi connectivity index (χ1) is 7.66. The van der Waals surface area contributed by atoms with E-state index in [0.717, 1.165) is 31.9 Å². The molecular formula is C12H8BrClN2. The Morgan fingerprint density at radius 2 is 2.00 bits per heavy atom. The standard InChI is InChI=1S/C12H8BrClN2/c1-7-10-4-5-12(13)16(10)11-6-8(14)2-3-9(11)15-7/h2-6H,1H3. The Kier molecular flexibility index (Phi) is 2.19. The first-order valence-corrected chi connectivity index (χ1v) is 6.07. The molecule has 0 aliphatic rings. The minimum absolute atomic E-state index is 0.722. The molecule has 4 heteroatoms. The van der Waals surface area contributed by atoms with Crippen LogP contribution in [0.5, 0.6) is 0 Å². The summed E-state index contributed by atoms with van der Waals surface area (Å²) in [5.74, 6) is 0. The van der Waals surface area contributed by atoms with Gasteiger partial charge in [-0.05, 0) is 53.2 Å². The van der Waals surface area contributed by atoms with Gasteiger partial charge in [0.1, 0.15) is 0 Å². The Hall–Kier alpha value is -1.06. The molecule has 0 unspecified atom stereocenters. The van der Waals surface area contributed by atoms with Crippen molar-refractivity contribution in [2.45, 2.75) is 6.92 Å². The fraction of sp³-hybridized carbons (Fsp3) is 0.0833. The van der Waals surface area contributed by atoms with Crippen LogP contribution in [0.15, 0.2) is 34.9 Å². The van der Waals surface area contributed by atoms with Gasteiger partial charge in [-0.2, -0.15) is 0 Å². The predicted molar refractivity (Wildman–Crippen MR) is 70.1 cm³/mol. The fourth-order valence-electron chi connectivity index (χ4n) is 1.95. The van der Waals surface area contributed by atoms with Gasteiger partial charge in [0, 0.05) is 5.02 Å². The Balaban J connectivity index is 2.64. The van der Waals surface area contributed by atoms with Crippen molar-refractivity contribution in [2.75, 3.05) is 0 Å². The summed E-state index contributed by atoms with van der Waals surface area (Å²) in [6.07, 6.45) is 0. The van der Waals surface area contributed by atoms with E-state index in [-0.39, 0.29) is 0 Å². The van der Waals surface area contributed by atoms with Crippen molar-refractivity contribution < 1.29 is 0 Å². The molecule has 0 amide bonds. The SMILES string of the molecule is Cc1nc2ccc(Cl)cc2n2c(Br)ccc12. The molecule has 3 rings (SSSR count). The molecule has 0 saturated heterocycles. The summed E-state index contributed by atoms with van der Waals surface area (Å²) >= 11 is 9.56. The number of hydrogen-bond donors (Lipinski definition) is 0. The summed E-state index contributed by atoms with van der Waals surface area (Å²) in [5, 5.41) is 0.722. The van der Waals surface area contributed by atoms with Gasteiger partial charge in [0.25, 0.3) is 0 Å². The number of aryl methyl sites for hydroxylation is 1. The molecule has 0 aliphatic heterocycles. The number of aromatic nitrogens is 2. The molecule has 1 aromatic carbocycles. The molecule has 3 aromatic rings. The van der Waals surface area contributed by atoms with E-state index in [9.17, 15) is 0 Å². The first-order valence-electron chi connectivity index (χ1n) is 4.89. The van der Waals surface area contributed by atoms with Gasteiger partial charge in [-0.15, -0.1) is 0 Å². The maximum absolute atomic E-state index is 6.02. The van der Waals surface area contributed by atoms with Crippen molar-refractivity contribution in [3.05, 3.63) is 45.7 Å². The molecule has 2 aromatic heterocycles. The van der Waals surface area contributed by atoms with Crippen LogP contribution >= 0.6 is 27.5 Å². The number of halogens is 2. The van der Waals surface area contributed by atoms with Gasteiger partial charge in [-0.3, -0.25) is 0 Å². The molecule has 2 nitrogen and oxygen atoms in total. The van der Waals surface area contributed by atoms with E-state index in [4.69, 9.17) is 11.6 Å². The van der Waals surface area contributed by atoms with Gasteiger partial charge in [0.2, 0.25) is 0 Å². The zero-order valence-electron chi connectivity index (χ0n) is 8.54. The minimum atomic E-state index is 0.722. The van der Waals surface area contributed by atoms with Crippen LogP contribution in [0.2, 0.25) is 5.02 Å². The van der Waals surface area contributed by atoms with Gasteiger partial charge in [0.15, 0.2) is 0 Å². The maximum Gasteiger partial charge on any atom is 0.0898 e. The third-order valence-electron chi connectivity index (χ3n) is 2.67. The van der Waals surface area contributed by atoms with E-state index in [2.05, 4.69) is 25.3 Å². The van der Waals surface area contributed by atoms with Gasteiger partial charge in [-0.25, -0.2) is 4.98 Å². The Morgan fingerprint density at radius 3 is 2.81 bits per heavy atom. The van der Waals surface area contributed by atoms with Crippen LogP contribution in [0, 0.1) is 6.92 Å². The number of benzene rings is 1. The second-order valence-corrected chi connectivity index (χ2v) is 4.96. The second kappa shape index (κ2) is 3.47. The van der Waals surface area contributed by atoms with Crippen LogP contribution in [0.4, 0.5) is 0 Å². The highest BCUT2D eigenvalue weighted by Gasteiger charge is 2.08. The molecule has 0 N–H and O–H groups in total. The summed E-state index contributed by atoms with van der Waals surface area (Å²) in [7, 11) is 0. The van der Waals surface area contributed by atoms with Crippen LogP contribution in [-0.4, -0.2) is 9.38 Å². The lowest BCUT2D eigenvalue weighted by atomic mass is 10.2. The van der Waals surface area contributed by atoms with Crippen molar-refractivity contribution in [3.63, 3.8) is 0 Å². The number of nitrogens with zero attached hydrogens (tertiary/aromatic N) is 2. The lowest BCUT2D eigenvalue weighted by Crippen LogP contribution is -1.94. The van der Waals surface area contributed by atoms with Crippen molar-refractivity contribution in [1.82, 2.24) is 9.38 Å². The van der Waals surface area contributed by atoms with Gasteiger partial charge < -0.3 is 4.40 Å². The minimum Gasteiger partial charge on any atom is -0.300 e. The lowest BCUT2D eigenvalue weighted by Gasteiger charge is -2.06. The van der Waals surface area contributed by atoms with Crippen LogP contribution < -0.4 is 0 Å². The normalized spacial score (nSPS) is 11.4. The van der Waals surface area contributed by atoms with Gasteiger partial charge >= 0.3 is 0 Å². The Bertz CT molecular complexity index is 703. The topological polar surface area (TPSA) is 17.3 Å². The smallest absolute Gasteiger partial charge is 0.0898 e. The van der Waals surface area contributed by atoms with E-state index >= 15 is 0 Å².